The summed E-state index contributed by atoms with van der Waals surface area (Å²) in [5, 5.41) is 3.82. The van der Waals surface area contributed by atoms with Gasteiger partial charge in [0.25, 0.3) is 0 Å². The molecule has 1 N–H and O–H groups in total. The molecule has 0 fully saturated rings. The summed E-state index contributed by atoms with van der Waals surface area (Å²) in [5.74, 6) is 0. The van der Waals surface area contributed by atoms with Crippen molar-refractivity contribution in [3.8, 4) is 0 Å². The summed E-state index contributed by atoms with van der Waals surface area (Å²) in [7, 11) is -4.20. The van der Waals surface area contributed by atoms with E-state index in [1.807, 2.05) is 0 Å². The normalized spacial score (nSPS) is 13.2. The molecule has 0 aliphatic rings. The van der Waals surface area contributed by atoms with E-state index in [1.165, 1.54) is 6.20 Å². The second kappa shape index (κ2) is 3.25. The van der Waals surface area contributed by atoms with Gasteiger partial charge < -0.3 is 0 Å². The molecule has 0 unspecified atom stereocenters. The zero-order chi connectivity index (χ0) is 10.3. The molecule has 0 spiro atoms. The standard InChI is InChI=1S/C3H3N2O3S.3CH3.Sn/c6-9(7,8)5-3-1-2-4-5;;;;/h1,3H,(H,6,7,8);3*1H3;. The molecule has 1 rings (SSSR count). The van der Waals surface area contributed by atoms with Gasteiger partial charge in [0.05, 0.1) is 0 Å². The molecule has 0 atom stereocenters. The minimum atomic E-state index is -4.20. The van der Waals surface area contributed by atoms with Gasteiger partial charge in [-0.15, -0.1) is 0 Å². The second-order valence-corrected chi connectivity index (χ2v) is 19.4. The van der Waals surface area contributed by atoms with Crippen molar-refractivity contribution in [2.75, 3.05) is 0 Å². The molecule has 74 valence electrons. The van der Waals surface area contributed by atoms with E-state index in [1.54, 1.807) is 6.07 Å². The van der Waals surface area contributed by atoms with Crippen molar-refractivity contribution in [2.45, 2.75) is 14.8 Å². The average molecular weight is 311 g/mol. The molecular weight excluding hydrogens is 299 g/mol. The minimum absolute atomic E-state index is 0.602. The maximum atomic E-state index is 10.7. The Bertz CT molecular complexity index is 404. The summed E-state index contributed by atoms with van der Waals surface area (Å²) in [6, 6.07) is 1.66. The van der Waals surface area contributed by atoms with Gasteiger partial charge in [-0.05, 0) is 0 Å². The van der Waals surface area contributed by atoms with Gasteiger partial charge in [0, 0.05) is 0 Å². The average Bonchev–Trinajstić information content (AvgIpc) is 2.28. The second-order valence-electron chi connectivity index (χ2n) is 3.80. The van der Waals surface area contributed by atoms with Crippen molar-refractivity contribution in [1.82, 2.24) is 9.19 Å². The molecule has 0 amide bonds. The molecule has 0 aliphatic heterocycles. The summed E-state index contributed by atoms with van der Waals surface area (Å²) in [6.45, 7) is 0. The van der Waals surface area contributed by atoms with Gasteiger partial charge in [-0.25, -0.2) is 0 Å². The first-order valence-electron chi connectivity index (χ1n) is 3.75. The SMILES string of the molecule is [CH3][Sn]([CH3])([CH3])[c]1ccn(S(=O)(=O)O)n1. The third-order valence-electron chi connectivity index (χ3n) is 1.57. The molecule has 0 saturated carbocycles. The number of hydrogen-bond donors (Lipinski definition) is 1. The van der Waals surface area contributed by atoms with Crippen molar-refractivity contribution < 1.29 is 13.0 Å². The van der Waals surface area contributed by atoms with Crippen LogP contribution in [0.5, 0.6) is 0 Å². The maximum absolute atomic E-state index is 10.7. The van der Waals surface area contributed by atoms with Crippen LogP contribution in [0, 0.1) is 0 Å². The van der Waals surface area contributed by atoms with E-state index in [4.69, 9.17) is 4.55 Å². The van der Waals surface area contributed by atoms with E-state index in [0.717, 1.165) is 3.71 Å². The van der Waals surface area contributed by atoms with Crippen LogP contribution in [0.3, 0.4) is 0 Å². The van der Waals surface area contributed by atoms with Crippen molar-refractivity contribution in [2.24, 2.45) is 0 Å². The van der Waals surface area contributed by atoms with Crippen molar-refractivity contribution >= 4 is 32.4 Å². The molecule has 0 saturated heterocycles. The topological polar surface area (TPSA) is 72.2 Å². The predicted octanol–water partition coefficient (Wildman–Crippen LogP) is 0.0792. The Labute approximate surface area is 81.5 Å². The van der Waals surface area contributed by atoms with Crippen molar-refractivity contribution in [3.63, 3.8) is 0 Å². The zero-order valence-electron chi connectivity index (χ0n) is 7.72. The Balaban J connectivity index is 3.16. The van der Waals surface area contributed by atoms with E-state index >= 15 is 0 Å². The van der Waals surface area contributed by atoms with Gasteiger partial charge in [0.1, 0.15) is 0 Å². The fourth-order valence-electron chi connectivity index (χ4n) is 0.836. The van der Waals surface area contributed by atoms with Crippen LogP contribution in [0.15, 0.2) is 12.3 Å². The number of aromatic nitrogens is 2. The summed E-state index contributed by atoms with van der Waals surface area (Å²) in [6.07, 6.45) is 1.27. The molecule has 0 aromatic carbocycles. The molecule has 5 nitrogen and oxygen atoms in total. The monoisotopic (exact) mass is 312 g/mol. The van der Waals surface area contributed by atoms with Crippen molar-refractivity contribution in [3.05, 3.63) is 12.3 Å². The molecule has 7 heteroatoms. The third-order valence-corrected chi connectivity index (χ3v) is 7.39. The van der Waals surface area contributed by atoms with Crippen LogP contribution in [-0.2, 0) is 10.3 Å². The fourth-order valence-corrected chi connectivity index (χ4v) is 4.25. The summed E-state index contributed by atoms with van der Waals surface area (Å²) < 4.78 is 31.4. The Morgan fingerprint density at radius 1 is 1.46 bits per heavy atom. The summed E-state index contributed by atoms with van der Waals surface area (Å²) in [5.41, 5.74) is 0. The first-order valence-corrected chi connectivity index (χ1v) is 15.1. The van der Waals surface area contributed by atoms with E-state index < -0.39 is 28.7 Å². The van der Waals surface area contributed by atoms with Gasteiger partial charge in [-0.3, -0.25) is 0 Å². The van der Waals surface area contributed by atoms with Gasteiger partial charge >= 0.3 is 81.6 Å². The van der Waals surface area contributed by atoms with E-state index in [-0.39, 0.29) is 0 Å². The van der Waals surface area contributed by atoms with Crippen LogP contribution in [0.4, 0.5) is 0 Å². The van der Waals surface area contributed by atoms with Crippen LogP contribution >= 0.6 is 0 Å². The predicted molar refractivity (Wildman–Crippen MR) is 52.2 cm³/mol. The van der Waals surface area contributed by atoms with E-state index in [0.29, 0.717) is 4.09 Å². The van der Waals surface area contributed by atoms with Crippen LogP contribution in [0.2, 0.25) is 14.8 Å². The molecule has 0 radical (unpaired) electrons. The first kappa shape index (κ1) is 11.0. The number of hydrogen-bond acceptors (Lipinski definition) is 3. The quantitative estimate of drug-likeness (QED) is 0.620. The van der Waals surface area contributed by atoms with Gasteiger partial charge in [-0.1, -0.05) is 0 Å². The Morgan fingerprint density at radius 2 is 2.00 bits per heavy atom. The molecule has 1 aromatic heterocycles. The van der Waals surface area contributed by atoms with Gasteiger partial charge in [0.15, 0.2) is 0 Å². The summed E-state index contributed by atoms with van der Waals surface area (Å²) >= 11 is -2.30. The van der Waals surface area contributed by atoms with Crippen LogP contribution in [-0.4, -0.2) is 40.5 Å². The van der Waals surface area contributed by atoms with Gasteiger partial charge in [-0.2, -0.15) is 0 Å². The molecule has 1 heterocycles. The van der Waals surface area contributed by atoms with Crippen molar-refractivity contribution in [1.29, 1.82) is 0 Å². The Kier molecular flexibility index (Phi) is 2.75. The fraction of sp³-hybridized carbons (Fsp3) is 0.500. The van der Waals surface area contributed by atoms with Crippen LogP contribution in [0.25, 0.3) is 0 Å². The molecule has 13 heavy (non-hydrogen) atoms. The van der Waals surface area contributed by atoms with Crippen LogP contribution in [0.1, 0.15) is 0 Å². The third kappa shape index (κ3) is 2.68. The van der Waals surface area contributed by atoms with Crippen LogP contribution < -0.4 is 3.71 Å². The zero-order valence-corrected chi connectivity index (χ0v) is 11.4. The van der Waals surface area contributed by atoms with Gasteiger partial charge in [0.2, 0.25) is 0 Å². The van der Waals surface area contributed by atoms with E-state index in [9.17, 15) is 8.42 Å². The summed E-state index contributed by atoms with van der Waals surface area (Å²) in [4.78, 5) is 6.35. The number of nitrogens with zero attached hydrogens (tertiary/aromatic N) is 2. The molecular formula is C6H12N2O3SSn. The first-order chi connectivity index (χ1) is 5.71. The molecule has 1 aromatic rings. The number of rotatable bonds is 2. The molecule has 0 bridgehead atoms. The Hall–Kier alpha value is -0.0813. The molecule has 0 aliphatic carbocycles. The Morgan fingerprint density at radius 3 is 2.23 bits per heavy atom. The van der Waals surface area contributed by atoms with E-state index in [2.05, 4.69) is 19.9 Å².